The van der Waals surface area contributed by atoms with Gasteiger partial charge >= 0.3 is 6.09 Å². The average molecular weight is 277 g/mol. The van der Waals surface area contributed by atoms with Crippen LogP contribution in [0.15, 0.2) is 21.2 Å². The second kappa shape index (κ2) is 5.77. The molecule has 1 aromatic heterocycles. The molecule has 1 heterocycles. The topological polar surface area (TPSA) is 77.5 Å². The van der Waals surface area contributed by atoms with Gasteiger partial charge in [0.15, 0.2) is 4.67 Å². The monoisotopic (exact) mass is 276 g/mol. The number of nitrogens with one attached hydrogen (secondary N) is 1. The lowest BCUT2D eigenvalue weighted by atomic mass is 10.2. The third kappa shape index (κ3) is 4.35. The molecule has 0 aromatic carbocycles. The molecule has 0 aliphatic rings. The Hall–Kier alpha value is -1.01. The van der Waals surface area contributed by atoms with Crippen molar-refractivity contribution in [1.29, 1.82) is 0 Å². The standard InChI is InChI=1S/C9H13BrN2O3/c1-6(7-2-3-8(10)15-7)12-4-5-14-9(11)13/h2-3,6,12H,4-5H2,1H3,(H2,11,13). The van der Waals surface area contributed by atoms with Gasteiger partial charge in [0.25, 0.3) is 0 Å². The predicted molar refractivity (Wildman–Crippen MR) is 58.4 cm³/mol. The molecular weight excluding hydrogens is 264 g/mol. The molecule has 5 nitrogen and oxygen atoms in total. The van der Waals surface area contributed by atoms with Crippen LogP contribution >= 0.6 is 15.9 Å². The molecule has 1 amide bonds. The Morgan fingerprint density at radius 1 is 1.73 bits per heavy atom. The fourth-order valence-corrected chi connectivity index (χ4v) is 1.41. The van der Waals surface area contributed by atoms with Crippen molar-refractivity contribution in [3.8, 4) is 0 Å². The minimum atomic E-state index is -0.759. The van der Waals surface area contributed by atoms with Crippen molar-refractivity contribution in [1.82, 2.24) is 5.32 Å². The van der Waals surface area contributed by atoms with Crippen LogP contribution in [0.25, 0.3) is 0 Å². The first-order valence-corrected chi connectivity index (χ1v) is 5.29. The second-order valence-electron chi connectivity index (χ2n) is 2.99. The fourth-order valence-electron chi connectivity index (χ4n) is 1.09. The Morgan fingerprint density at radius 2 is 2.47 bits per heavy atom. The highest BCUT2D eigenvalue weighted by Crippen LogP contribution is 2.19. The van der Waals surface area contributed by atoms with E-state index in [2.05, 4.69) is 26.0 Å². The number of hydrogen-bond acceptors (Lipinski definition) is 4. The number of furan rings is 1. The van der Waals surface area contributed by atoms with Crippen molar-refractivity contribution < 1.29 is 13.9 Å². The molecule has 0 radical (unpaired) electrons. The van der Waals surface area contributed by atoms with Gasteiger partial charge in [-0.3, -0.25) is 0 Å². The van der Waals surface area contributed by atoms with Gasteiger partial charge in [0, 0.05) is 6.54 Å². The third-order valence-corrected chi connectivity index (χ3v) is 2.24. The Kier molecular flexibility index (Phi) is 4.64. The SMILES string of the molecule is CC(NCCOC(N)=O)c1ccc(Br)o1. The van der Waals surface area contributed by atoms with E-state index >= 15 is 0 Å². The smallest absolute Gasteiger partial charge is 0.404 e. The van der Waals surface area contributed by atoms with Crippen LogP contribution in [0.1, 0.15) is 18.7 Å². The highest BCUT2D eigenvalue weighted by Gasteiger charge is 2.08. The zero-order valence-electron chi connectivity index (χ0n) is 8.33. The van der Waals surface area contributed by atoms with E-state index in [1.165, 1.54) is 0 Å². The van der Waals surface area contributed by atoms with Crippen molar-refractivity contribution in [2.75, 3.05) is 13.2 Å². The summed E-state index contributed by atoms with van der Waals surface area (Å²) in [5.74, 6) is 0.820. The van der Waals surface area contributed by atoms with Gasteiger partial charge in [0.05, 0.1) is 6.04 Å². The van der Waals surface area contributed by atoms with Gasteiger partial charge in [-0.2, -0.15) is 0 Å². The minimum Gasteiger partial charge on any atom is -0.453 e. The molecule has 1 unspecified atom stereocenters. The molecular formula is C9H13BrN2O3. The first-order chi connectivity index (χ1) is 7.09. The van der Waals surface area contributed by atoms with Crippen LogP contribution in [0.2, 0.25) is 0 Å². The number of nitrogens with two attached hydrogens (primary N) is 1. The molecule has 0 aliphatic carbocycles. The molecule has 15 heavy (non-hydrogen) atoms. The zero-order chi connectivity index (χ0) is 11.3. The number of carbonyl (C=O) groups excluding carboxylic acids is 1. The first kappa shape index (κ1) is 12.1. The van der Waals surface area contributed by atoms with Gasteiger partial charge < -0.3 is 20.2 Å². The van der Waals surface area contributed by atoms with Crippen LogP contribution in [-0.2, 0) is 4.74 Å². The van der Waals surface area contributed by atoms with Crippen molar-refractivity contribution >= 4 is 22.0 Å². The summed E-state index contributed by atoms with van der Waals surface area (Å²) in [7, 11) is 0. The van der Waals surface area contributed by atoms with Crippen LogP contribution in [0, 0.1) is 0 Å². The number of carbonyl (C=O) groups is 1. The van der Waals surface area contributed by atoms with Gasteiger partial charge in [0.1, 0.15) is 12.4 Å². The minimum absolute atomic E-state index is 0.0628. The van der Waals surface area contributed by atoms with Crippen molar-refractivity contribution in [3.63, 3.8) is 0 Å². The lowest BCUT2D eigenvalue weighted by Gasteiger charge is -2.10. The van der Waals surface area contributed by atoms with E-state index < -0.39 is 6.09 Å². The maximum Gasteiger partial charge on any atom is 0.404 e. The van der Waals surface area contributed by atoms with Crippen LogP contribution in [-0.4, -0.2) is 19.2 Å². The number of ether oxygens (including phenoxy) is 1. The summed E-state index contributed by atoms with van der Waals surface area (Å²) in [5, 5.41) is 3.12. The van der Waals surface area contributed by atoms with Gasteiger partial charge in [-0.1, -0.05) is 0 Å². The Bertz CT molecular complexity index is 327. The van der Waals surface area contributed by atoms with Gasteiger partial charge in [-0.15, -0.1) is 0 Å². The number of primary amides is 1. The number of rotatable bonds is 5. The summed E-state index contributed by atoms with van der Waals surface area (Å²) in [6, 6.07) is 3.76. The molecule has 0 saturated heterocycles. The van der Waals surface area contributed by atoms with Gasteiger partial charge in [-0.25, -0.2) is 4.79 Å². The molecule has 1 rings (SSSR count). The lowest BCUT2D eigenvalue weighted by Crippen LogP contribution is -2.25. The van der Waals surface area contributed by atoms with E-state index in [1.54, 1.807) is 0 Å². The second-order valence-corrected chi connectivity index (χ2v) is 3.77. The predicted octanol–water partition coefficient (Wildman–Crippen LogP) is 1.79. The summed E-state index contributed by atoms with van der Waals surface area (Å²) in [6.07, 6.45) is -0.759. The molecule has 6 heteroatoms. The zero-order valence-corrected chi connectivity index (χ0v) is 9.91. The normalized spacial score (nSPS) is 12.4. The Morgan fingerprint density at radius 3 is 3.00 bits per heavy atom. The summed E-state index contributed by atoms with van der Waals surface area (Å²) in [4.78, 5) is 10.3. The average Bonchev–Trinajstić information content (AvgIpc) is 2.59. The highest BCUT2D eigenvalue weighted by molar-refractivity contribution is 9.10. The Labute approximate surface area is 96.1 Å². The van der Waals surface area contributed by atoms with Crippen LogP contribution in [0.4, 0.5) is 4.79 Å². The molecule has 1 atom stereocenters. The summed E-state index contributed by atoms with van der Waals surface area (Å²) >= 11 is 3.22. The number of halogens is 1. The number of hydrogen-bond donors (Lipinski definition) is 2. The fraction of sp³-hybridized carbons (Fsp3) is 0.444. The lowest BCUT2D eigenvalue weighted by molar-refractivity contribution is 0.156. The van der Waals surface area contributed by atoms with E-state index in [0.29, 0.717) is 11.2 Å². The van der Waals surface area contributed by atoms with E-state index in [9.17, 15) is 4.79 Å². The summed E-state index contributed by atoms with van der Waals surface area (Å²) in [6.45, 7) is 2.74. The van der Waals surface area contributed by atoms with Crippen LogP contribution < -0.4 is 11.1 Å². The molecule has 0 saturated carbocycles. The quantitative estimate of drug-likeness (QED) is 0.804. The molecule has 1 aromatic rings. The van der Waals surface area contributed by atoms with Crippen molar-refractivity contribution in [2.45, 2.75) is 13.0 Å². The first-order valence-electron chi connectivity index (χ1n) is 4.50. The van der Waals surface area contributed by atoms with E-state index in [0.717, 1.165) is 5.76 Å². The van der Waals surface area contributed by atoms with Crippen LogP contribution in [0.3, 0.4) is 0 Å². The van der Waals surface area contributed by atoms with E-state index in [4.69, 9.17) is 10.2 Å². The van der Waals surface area contributed by atoms with E-state index in [-0.39, 0.29) is 12.6 Å². The number of amides is 1. The molecule has 3 N–H and O–H groups in total. The third-order valence-electron chi connectivity index (χ3n) is 1.82. The summed E-state index contributed by atoms with van der Waals surface area (Å²) < 4.78 is 10.6. The largest absolute Gasteiger partial charge is 0.453 e. The van der Waals surface area contributed by atoms with Gasteiger partial charge in [0.2, 0.25) is 0 Å². The molecule has 0 aliphatic heterocycles. The van der Waals surface area contributed by atoms with Crippen molar-refractivity contribution in [3.05, 3.63) is 22.6 Å². The molecule has 0 fully saturated rings. The van der Waals surface area contributed by atoms with E-state index in [1.807, 2.05) is 19.1 Å². The summed E-state index contributed by atoms with van der Waals surface area (Å²) in [5.41, 5.74) is 4.81. The Balaban J connectivity index is 2.24. The maximum atomic E-state index is 10.3. The maximum absolute atomic E-state index is 10.3. The van der Waals surface area contributed by atoms with Gasteiger partial charge in [-0.05, 0) is 35.0 Å². The molecule has 0 spiro atoms. The highest BCUT2D eigenvalue weighted by atomic mass is 79.9. The molecule has 0 bridgehead atoms. The molecule has 84 valence electrons. The van der Waals surface area contributed by atoms with Crippen LogP contribution in [0.5, 0.6) is 0 Å². The van der Waals surface area contributed by atoms with Crippen molar-refractivity contribution in [2.24, 2.45) is 5.73 Å².